The van der Waals surface area contributed by atoms with Crippen molar-refractivity contribution in [2.75, 3.05) is 5.32 Å². The molecule has 0 fully saturated rings. The van der Waals surface area contributed by atoms with E-state index in [0.29, 0.717) is 5.82 Å². The lowest BCUT2D eigenvalue weighted by Crippen LogP contribution is -2.13. The number of alkyl halides is 3. The maximum atomic E-state index is 12.6. The second-order valence-corrected chi connectivity index (χ2v) is 3.91. The van der Waals surface area contributed by atoms with Gasteiger partial charge in [-0.1, -0.05) is 0 Å². The molecule has 2 heterocycles. The highest BCUT2D eigenvalue weighted by molar-refractivity contribution is 5.52. The molecule has 0 bridgehead atoms. The van der Waals surface area contributed by atoms with Crippen molar-refractivity contribution < 1.29 is 13.2 Å². The Morgan fingerprint density at radius 3 is 2.70 bits per heavy atom. The van der Waals surface area contributed by atoms with Crippen LogP contribution in [0.3, 0.4) is 0 Å². The lowest BCUT2D eigenvalue weighted by atomic mass is 10.2. The lowest BCUT2D eigenvalue weighted by Gasteiger charge is -2.10. The van der Waals surface area contributed by atoms with E-state index in [1.165, 1.54) is 6.33 Å². The van der Waals surface area contributed by atoms with E-state index < -0.39 is 11.9 Å². The molecule has 0 aliphatic carbocycles. The van der Waals surface area contributed by atoms with Gasteiger partial charge >= 0.3 is 6.18 Å². The van der Waals surface area contributed by atoms with Gasteiger partial charge < -0.3 is 9.88 Å². The third-order valence-corrected chi connectivity index (χ3v) is 2.53. The Kier molecular flexibility index (Phi) is 3.56. The van der Waals surface area contributed by atoms with Crippen molar-refractivity contribution in [2.24, 2.45) is 7.05 Å². The second-order valence-electron chi connectivity index (χ2n) is 3.91. The monoisotopic (exact) mass is 282 g/mol. The summed E-state index contributed by atoms with van der Waals surface area (Å²) in [5.74, 6) is 0.374. The average molecular weight is 282 g/mol. The molecule has 0 atom stereocenters. The van der Waals surface area contributed by atoms with Crippen LogP contribution in [0.4, 0.5) is 19.0 Å². The Hall–Kier alpha value is -2.63. The number of hydrogen-bond donors (Lipinski definition) is 1. The van der Waals surface area contributed by atoms with E-state index in [4.69, 9.17) is 5.26 Å². The molecule has 0 aliphatic heterocycles. The molecule has 0 radical (unpaired) electrons. The maximum Gasteiger partial charge on any atom is 0.433 e. The Balaban J connectivity index is 2.26. The number of nitriles is 1. The maximum absolute atomic E-state index is 12.6. The molecule has 0 saturated heterocycles. The van der Waals surface area contributed by atoms with Gasteiger partial charge in [0.2, 0.25) is 0 Å². The van der Waals surface area contributed by atoms with Crippen LogP contribution in [0.15, 0.2) is 18.5 Å². The van der Waals surface area contributed by atoms with E-state index in [9.17, 15) is 13.2 Å². The third-order valence-electron chi connectivity index (χ3n) is 2.53. The minimum absolute atomic E-state index is 0.0279. The van der Waals surface area contributed by atoms with Crippen LogP contribution in [0.25, 0.3) is 0 Å². The topological polar surface area (TPSA) is 79.4 Å². The molecule has 0 unspecified atom stereocenters. The first-order valence-electron chi connectivity index (χ1n) is 5.47. The standard InChI is InChI=1S/C11H9F3N6/c1-20-6-17-19-9(20)5-16-10-7(4-15)2-3-8(18-10)11(12,13)14/h2-3,6H,5H2,1H3,(H,16,18). The van der Waals surface area contributed by atoms with E-state index in [1.807, 2.05) is 0 Å². The zero-order chi connectivity index (χ0) is 14.8. The molecule has 0 saturated carbocycles. The molecule has 20 heavy (non-hydrogen) atoms. The fourth-order valence-corrected chi connectivity index (χ4v) is 1.47. The van der Waals surface area contributed by atoms with Crippen LogP contribution < -0.4 is 5.32 Å². The molecule has 9 heteroatoms. The van der Waals surface area contributed by atoms with E-state index in [-0.39, 0.29) is 17.9 Å². The summed E-state index contributed by atoms with van der Waals surface area (Å²) in [6.45, 7) is 0.111. The predicted molar refractivity (Wildman–Crippen MR) is 62.3 cm³/mol. The Morgan fingerprint density at radius 1 is 1.40 bits per heavy atom. The molecule has 0 spiro atoms. The molecule has 2 aromatic rings. The fourth-order valence-electron chi connectivity index (χ4n) is 1.47. The van der Waals surface area contributed by atoms with Gasteiger partial charge in [0.25, 0.3) is 0 Å². The number of rotatable bonds is 3. The van der Waals surface area contributed by atoms with Crippen molar-refractivity contribution in [3.63, 3.8) is 0 Å². The first-order valence-corrected chi connectivity index (χ1v) is 5.47. The van der Waals surface area contributed by atoms with Crippen molar-refractivity contribution in [2.45, 2.75) is 12.7 Å². The number of pyridine rings is 1. The summed E-state index contributed by atoms with van der Waals surface area (Å²) >= 11 is 0. The summed E-state index contributed by atoms with van der Waals surface area (Å²) in [4.78, 5) is 3.43. The lowest BCUT2D eigenvalue weighted by molar-refractivity contribution is -0.141. The predicted octanol–water partition coefficient (Wildman–Crippen LogP) is 1.71. The number of aromatic nitrogens is 4. The van der Waals surface area contributed by atoms with E-state index in [1.54, 1.807) is 17.7 Å². The first-order chi connectivity index (χ1) is 9.41. The van der Waals surface area contributed by atoms with Crippen molar-refractivity contribution >= 4 is 5.82 Å². The van der Waals surface area contributed by atoms with E-state index in [2.05, 4.69) is 20.5 Å². The van der Waals surface area contributed by atoms with E-state index >= 15 is 0 Å². The highest BCUT2D eigenvalue weighted by Gasteiger charge is 2.33. The molecule has 1 N–H and O–H groups in total. The largest absolute Gasteiger partial charge is 0.433 e. The van der Waals surface area contributed by atoms with Crippen LogP contribution in [-0.4, -0.2) is 19.7 Å². The van der Waals surface area contributed by atoms with Gasteiger partial charge in [-0.3, -0.25) is 0 Å². The zero-order valence-electron chi connectivity index (χ0n) is 10.3. The minimum atomic E-state index is -4.56. The minimum Gasteiger partial charge on any atom is -0.362 e. The number of nitrogens with one attached hydrogen (secondary N) is 1. The fraction of sp³-hybridized carbons (Fsp3) is 0.273. The Bertz CT molecular complexity index is 655. The molecule has 2 aromatic heterocycles. The summed E-state index contributed by atoms with van der Waals surface area (Å²) < 4.78 is 39.3. The molecule has 2 rings (SSSR count). The number of nitrogens with zero attached hydrogens (tertiary/aromatic N) is 5. The SMILES string of the molecule is Cn1cnnc1CNc1nc(C(F)(F)F)ccc1C#N. The van der Waals surface area contributed by atoms with Gasteiger partial charge in [0.1, 0.15) is 23.9 Å². The van der Waals surface area contributed by atoms with Gasteiger partial charge in [-0.15, -0.1) is 10.2 Å². The smallest absolute Gasteiger partial charge is 0.362 e. The number of anilines is 1. The average Bonchev–Trinajstić information content (AvgIpc) is 2.80. The van der Waals surface area contributed by atoms with Crippen molar-refractivity contribution in [1.29, 1.82) is 5.26 Å². The van der Waals surface area contributed by atoms with Crippen LogP contribution in [0.2, 0.25) is 0 Å². The molecule has 6 nitrogen and oxygen atoms in total. The van der Waals surface area contributed by atoms with Gasteiger partial charge in [-0.2, -0.15) is 18.4 Å². The second kappa shape index (κ2) is 5.16. The zero-order valence-corrected chi connectivity index (χ0v) is 10.3. The highest BCUT2D eigenvalue weighted by atomic mass is 19.4. The van der Waals surface area contributed by atoms with E-state index in [0.717, 1.165) is 12.1 Å². The molecule has 104 valence electrons. The van der Waals surface area contributed by atoms with Gasteiger partial charge in [-0.05, 0) is 12.1 Å². The molecular formula is C11H9F3N6. The van der Waals surface area contributed by atoms with Crippen molar-refractivity contribution in [3.05, 3.63) is 35.5 Å². The van der Waals surface area contributed by atoms with Crippen LogP contribution in [-0.2, 0) is 19.8 Å². The molecule has 0 amide bonds. The number of aryl methyl sites for hydroxylation is 1. The summed E-state index contributed by atoms with van der Waals surface area (Å²) in [7, 11) is 1.70. The van der Waals surface area contributed by atoms with Crippen LogP contribution in [0, 0.1) is 11.3 Å². The van der Waals surface area contributed by atoms with Crippen LogP contribution >= 0.6 is 0 Å². The quantitative estimate of drug-likeness (QED) is 0.927. The highest BCUT2D eigenvalue weighted by Crippen LogP contribution is 2.29. The van der Waals surface area contributed by atoms with Crippen molar-refractivity contribution in [3.8, 4) is 6.07 Å². The Labute approximate surface area is 111 Å². The normalized spacial score (nSPS) is 11.2. The van der Waals surface area contributed by atoms with Gasteiger partial charge in [0, 0.05) is 7.05 Å². The summed E-state index contributed by atoms with van der Waals surface area (Å²) in [5.41, 5.74) is -1.03. The van der Waals surface area contributed by atoms with Crippen LogP contribution in [0.5, 0.6) is 0 Å². The summed E-state index contributed by atoms with van der Waals surface area (Å²) in [5, 5.41) is 19.0. The summed E-state index contributed by atoms with van der Waals surface area (Å²) in [6.07, 6.45) is -3.10. The number of hydrogen-bond acceptors (Lipinski definition) is 5. The van der Waals surface area contributed by atoms with Crippen LogP contribution in [0.1, 0.15) is 17.1 Å². The van der Waals surface area contributed by atoms with Gasteiger partial charge in [-0.25, -0.2) is 4.98 Å². The molecule has 0 aromatic carbocycles. The number of halogens is 3. The third kappa shape index (κ3) is 2.85. The molecular weight excluding hydrogens is 273 g/mol. The first kappa shape index (κ1) is 13.8. The Morgan fingerprint density at radius 2 is 2.15 bits per heavy atom. The van der Waals surface area contributed by atoms with Gasteiger partial charge in [0.05, 0.1) is 12.1 Å². The summed E-state index contributed by atoms with van der Waals surface area (Å²) in [6, 6.07) is 3.63. The van der Waals surface area contributed by atoms with Gasteiger partial charge in [0.15, 0.2) is 5.82 Å². The van der Waals surface area contributed by atoms with Crippen molar-refractivity contribution in [1.82, 2.24) is 19.7 Å². The molecule has 0 aliphatic rings.